The van der Waals surface area contributed by atoms with Crippen LogP contribution < -0.4 is 4.57 Å². The first kappa shape index (κ1) is 19.9. The molecule has 0 spiro atoms. The Hall–Kier alpha value is -3.41. The number of hydrogen-bond donors (Lipinski definition) is 1. The number of H-pyrrole nitrogens is 1. The second-order valence-electron chi connectivity index (χ2n) is 7.40. The molecule has 0 radical (unpaired) electrons. The van der Waals surface area contributed by atoms with Crippen LogP contribution >= 0.6 is 0 Å². The van der Waals surface area contributed by atoms with Gasteiger partial charge in [-0.3, -0.25) is 4.79 Å². The molecule has 154 valence electrons. The van der Waals surface area contributed by atoms with Crippen molar-refractivity contribution in [2.75, 3.05) is 6.61 Å². The van der Waals surface area contributed by atoms with Crippen molar-refractivity contribution in [3.05, 3.63) is 65.1 Å². The monoisotopic (exact) mass is 404 g/mol. The Bertz CT molecular complexity index is 1280. The van der Waals surface area contributed by atoms with E-state index in [2.05, 4.69) is 16.5 Å². The number of aromatic nitrogens is 3. The molecule has 0 atom stereocenters. The molecule has 4 rings (SSSR count). The molecule has 0 amide bonds. The summed E-state index contributed by atoms with van der Waals surface area (Å²) in [4.78, 5) is 28.9. The molecule has 2 aromatic carbocycles. The number of para-hydroxylation sites is 1. The zero-order valence-electron chi connectivity index (χ0n) is 17.8. The molecule has 0 bridgehead atoms. The number of nitrogens with one attached hydrogen (secondary N) is 1. The highest BCUT2D eigenvalue weighted by molar-refractivity contribution is 6.09. The summed E-state index contributed by atoms with van der Waals surface area (Å²) in [5.74, 6) is 0.653. The van der Waals surface area contributed by atoms with Crippen LogP contribution in [0.2, 0.25) is 0 Å². The van der Waals surface area contributed by atoms with Crippen molar-refractivity contribution in [2.24, 2.45) is 0 Å². The molecule has 1 N–H and O–H groups in total. The van der Waals surface area contributed by atoms with E-state index in [-0.39, 0.29) is 18.3 Å². The van der Waals surface area contributed by atoms with Crippen LogP contribution in [0.25, 0.3) is 21.9 Å². The summed E-state index contributed by atoms with van der Waals surface area (Å²) in [6, 6.07) is 13.4. The second-order valence-corrected chi connectivity index (χ2v) is 7.40. The molecule has 0 unspecified atom stereocenters. The molecule has 4 aromatic rings. The fourth-order valence-electron chi connectivity index (χ4n) is 4.26. The number of fused-ring (bicyclic) bond motifs is 2. The first-order valence-corrected chi connectivity index (χ1v) is 10.3. The van der Waals surface area contributed by atoms with Crippen molar-refractivity contribution in [1.82, 2.24) is 9.55 Å². The maximum Gasteiger partial charge on any atom is 0.338 e. The van der Waals surface area contributed by atoms with Gasteiger partial charge in [-0.2, -0.15) is 0 Å². The fourth-order valence-corrected chi connectivity index (χ4v) is 4.26. The van der Waals surface area contributed by atoms with Gasteiger partial charge in [0.1, 0.15) is 0 Å². The molecule has 0 aliphatic rings. The lowest BCUT2D eigenvalue weighted by Crippen LogP contribution is -2.35. The Morgan fingerprint density at radius 1 is 1.10 bits per heavy atom. The van der Waals surface area contributed by atoms with Gasteiger partial charge in [0.25, 0.3) is 5.82 Å². The minimum Gasteiger partial charge on any atom is -0.462 e. The molecule has 6 nitrogen and oxygen atoms in total. The number of aryl methyl sites for hydroxylation is 2. The molecule has 0 saturated carbocycles. The van der Waals surface area contributed by atoms with Crippen molar-refractivity contribution in [2.45, 2.75) is 40.8 Å². The summed E-state index contributed by atoms with van der Waals surface area (Å²) in [5, 5.41) is 0.935. The molecule has 2 heterocycles. The van der Waals surface area contributed by atoms with Gasteiger partial charge in [-0.15, -0.1) is 0 Å². The highest BCUT2D eigenvalue weighted by Gasteiger charge is 2.26. The van der Waals surface area contributed by atoms with Gasteiger partial charge in [0.2, 0.25) is 5.78 Å². The van der Waals surface area contributed by atoms with Gasteiger partial charge in [0, 0.05) is 29.6 Å². The third-order valence-corrected chi connectivity index (χ3v) is 5.64. The van der Waals surface area contributed by atoms with Crippen LogP contribution in [0.5, 0.6) is 0 Å². The molecular formula is C24H26N3O3+. The highest BCUT2D eigenvalue weighted by atomic mass is 16.5. The maximum absolute atomic E-state index is 13.4. The largest absolute Gasteiger partial charge is 0.462 e. The highest BCUT2D eigenvalue weighted by Crippen LogP contribution is 2.24. The van der Waals surface area contributed by atoms with Crippen molar-refractivity contribution >= 4 is 33.7 Å². The number of ketones is 1. The smallest absolute Gasteiger partial charge is 0.338 e. The summed E-state index contributed by atoms with van der Waals surface area (Å²) >= 11 is 0. The number of rotatable bonds is 6. The Morgan fingerprint density at radius 2 is 1.87 bits per heavy atom. The van der Waals surface area contributed by atoms with E-state index in [1.165, 1.54) is 0 Å². The lowest BCUT2D eigenvalue weighted by atomic mass is 10.1. The lowest BCUT2D eigenvalue weighted by Gasteiger charge is -2.03. The van der Waals surface area contributed by atoms with E-state index in [1.807, 2.05) is 54.8 Å². The quantitative estimate of drug-likeness (QED) is 0.299. The van der Waals surface area contributed by atoms with Crippen LogP contribution in [-0.4, -0.2) is 27.9 Å². The van der Waals surface area contributed by atoms with E-state index in [4.69, 9.17) is 4.74 Å². The predicted octanol–water partition coefficient (Wildman–Crippen LogP) is 4.11. The number of esters is 1. The van der Waals surface area contributed by atoms with Gasteiger partial charge in [-0.1, -0.05) is 18.2 Å². The van der Waals surface area contributed by atoms with Gasteiger partial charge in [0.15, 0.2) is 17.6 Å². The molecule has 2 aromatic heterocycles. The van der Waals surface area contributed by atoms with Gasteiger partial charge >= 0.3 is 5.97 Å². The number of nitrogens with zero attached hydrogens (tertiary/aromatic N) is 2. The van der Waals surface area contributed by atoms with Gasteiger partial charge in [-0.05, 0) is 39.0 Å². The van der Waals surface area contributed by atoms with E-state index in [9.17, 15) is 9.59 Å². The van der Waals surface area contributed by atoms with Gasteiger partial charge in [-0.25, -0.2) is 13.9 Å². The fraction of sp³-hybridized carbons (Fsp3) is 0.292. The van der Waals surface area contributed by atoms with Gasteiger partial charge in [0.05, 0.1) is 24.3 Å². The van der Waals surface area contributed by atoms with Crippen LogP contribution in [0.3, 0.4) is 0 Å². The zero-order valence-corrected chi connectivity index (χ0v) is 17.8. The third-order valence-electron chi connectivity index (χ3n) is 5.64. The average Bonchev–Trinajstić information content (AvgIpc) is 3.21. The maximum atomic E-state index is 13.4. The normalized spacial score (nSPS) is 11.3. The number of ether oxygens (including phenoxy) is 1. The number of hydrogen-bond acceptors (Lipinski definition) is 3. The van der Waals surface area contributed by atoms with Crippen molar-refractivity contribution in [3.63, 3.8) is 0 Å². The SMILES string of the molecule is CCOC(=O)c1ccc2c(c1)n(CC(=O)c1c(C)[nH]c3ccccc13)c(C)[n+]2CC. The average molecular weight is 404 g/mol. The van der Waals surface area contributed by atoms with Crippen molar-refractivity contribution in [3.8, 4) is 0 Å². The molecule has 0 aliphatic heterocycles. The lowest BCUT2D eigenvalue weighted by molar-refractivity contribution is -0.674. The van der Waals surface area contributed by atoms with Crippen molar-refractivity contribution < 1.29 is 18.9 Å². The minimum absolute atomic E-state index is 0.0368. The zero-order chi connectivity index (χ0) is 21.4. The number of carbonyl (C=O) groups is 2. The Morgan fingerprint density at radius 3 is 2.60 bits per heavy atom. The van der Waals surface area contributed by atoms with E-state index in [0.717, 1.165) is 45.6 Å². The van der Waals surface area contributed by atoms with E-state index >= 15 is 0 Å². The van der Waals surface area contributed by atoms with Crippen LogP contribution in [0.4, 0.5) is 0 Å². The summed E-state index contributed by atoms with van der Waals surface area (Å²) in [7, 11) is 0. The van der Waals surface area contributed by atoms with E-state index in [0.29, 0.717) is 12.2 Å². The summed E-state index contributed by atoms with van der Waals surface area (Å²) in [6.45, 7) is 9.09. The van der Waals surface area contributed by atoms with E-state index in [1.54, 1.807) is 13.0 Å². The van der Waals surface area contributed by atoms with E-state index < -0.39 is 0 Å². The molecule has 0 fully saturated rings. The Kier molecular flexibility index (Phi) is 5.16. The topological polar surface area (TPSA) is 68.0 Å². The molecule has 30 heavy (non-hydrogen) atoms. The number of benzene rings is 2. The van der Waals surface area contributed by atoms with Crippen molar-refractivity contribution in [1.29, 1.82) is 0 Å². The Labute approximate surface area is 175 Å². The predicted molar refractivity (Wildman–Crippen MR) is 116 cm³/mol. The van der Waals surface area contributed by atoms with Crippen LogP contribution in [0.15, 0.2) is 42.5 Å². The standard InChI is InChI=1S/C24H25N3O3/c1-5-26-16(4)27(21-13-17(11-12-20(21)26)24(29)30-6-2)14-22(28)23-15(3)25-19-10-8-7-9-18(19)23/h7-13H,5-6,14H2,1-4H3/p+1. The number of Topliss-reactive ketones (excluding diaryl/α,β-unsaturated/α-hetero) is 1. The summed E-state index contributed by atoms with van der Waals surface area (Å²) < 4.78 is 9.30. The van der Waals surface area contributed by atoms with Crippen LogP contribution in [0, 0.1) is 13.8 Å². The summed E-state index contributed by atoms with van der Waals surface area (Å²) in [5.41, 5.74) is 4.88. The molecule has 0 saturated heterocycles. The summed E-state index contributed by atoms with van der Waals surface area (Å²) in [6.07, 6.45) is 0. The number of imidazole rings is 1. The first-order valence-electron chi connectivity index (χ1n) is 10.3. The molecule has 0 aliphatic carbocycles. The van der Waals surface area contributed by atoms with Gasteiger partial charge < -0.3 is 9.72 Å². The third kappa shape index (κ3) is 3.18. The van der Waals surface area contributed by atoms with Crippen LogP contribution in [0.1, 0.15) is 46.1 Å². The molecular weight excluding hydrogens is 378 g/mol. The van der Waals surface area contributed by atoms with Crippen LogP contribution in [-0.2, 0) is 17.8 Å². The number of aromatic amines is 1. The Balaban J connectivity index is 1.82. The second kappa shape index (κ2) is 7.78. The first-order chi connectivity index (χ1) is 14.5. The number of carbonyl (C=O) groups excluding carboxylic acids is 2. The molecule has 6 heteroatoms. The minimum atomic E-state index is -0.355.